The van der Waals surface area contributed by atoms with E-state index < -0.39 is 19.6 Å². The zero-order valence-electron chi connectivity index (χ0n) is 11.9. The van der Waals surface area contributed by atoms with Gasteiger partial charge < -0.3 is 0 Å². The van der Waals surface area contributed by atoms with Gasteiger partial charge in [-0.15, -0.1) is 0 Å². The van der Waals surface area contributed by atoms with Crippen LogP contribution in [0.3, 0.4) is 0 Å². The number of rotatable bonds is 11. The fraction of sp³-hybridized carbons (Fsp3) is 0.846. The van der Waals surface area contributed by atoms with Crippen molar-refractivity contribution in [2.45, 2.75) is 51.4 Å². The van der Waals surface area contributed by atoms with Gasteiger partial charge in [-0.25, -0.2) is 0 Å². The monoisotopic (exact) mass is 352 g/mol. The zero-order chi connectivity index (χ0) is 13.1. The van der Waals surface area contributed by atoms with Crippen molar-refractivity contribution in [1.82, 2.24) is 0 Å². The Bertz CT molecular complexity index is 185. The summed E-state index contributed by atoms with van der Waals surface area (Å²) < 4.78 is 18.8. The van der Waals surface area contributed by atoms with Gasteiger partial charge in [0.25, 0.3) is 0 Å². The molecule has 0 saturated heterocycles. The van der Waals surface area contributed by atoms with Crippen LogP contribution in [-0.4, -0.2) is 39.4 Å². The van der Waals surface area contributed by atoms with Gasteiger partial charge in [0.05, 0.1) is 0 Å². The van der Waals surface area contributed by atoms with Gasteiger partial charge >= 0.3 is 112 Å². The predicted octanol–water partition coefficient (Wildman–Crippen LogP) is 3.78. The van der Waals surface area contributed by atoms with E-state index in [9.17, 15) is 0 Å². The first kappa shape index (κ1) is 17.4. The molecule has 4 heteroatoms. The summed E-state index contributed by atoms with van der Waals surface area (Å²) in [6.45, 7) is 14.5. The Hall–Kier alpha value is 0.419. The summed E-state index contributed by atoms with van der Waals surface area (Å²) in [6.07, 6.45) is 3.00. The zero-order valence-corrected chi connectivity index (χ0v) is 14.7. The number of allylic oxidation sites excluding steroid dienone is 1. The summed E-state index contributed by atoms with van der Waals surface area (Å²) in [5.41, 5.74) is 1.10. The summed E-state index contributed by atoms with van der Waals surface area (Å²) in [6, 6.07) is 0. The fourth-order valence-electron chi connectivity index (χ4n) is 1.42. The quantitative estimate of drug-likeness (QED) is 0.419. The summed E-state index contributed by atoms with van der Waals surface area (Å²) in [4.78, 5) is 0. The molecule has 0 aliphatic rings. The topological polar surface area (TPSA) is 27.7 Å². The molecule has 0 atom stereocenters. The Kier molecular flexibility index (Phi) is 10.6. The Balaban J connectivity index is 4.56. The predicted molar refractivity (Wildman–Crippen MR) is 74.1 cm³/mol. The van der Waals surface area contributed by atoms with Crippen molar-refractivity contribution >= 4 is 19.6 Å². The minimum atomic E-state index is -3.34. The van der Waals surface area contributed by atoms with Gasteiger partial charge in [0.2, 0.25) is 0 Å². The number of hydrogen-bond acceptors (Lipinski definition) is 3. The van der Waals surface area contributed by atoms with E-state index in [1.54, 1.807) is 0 Å². The molecule has 0 N–H and O–H groups in total. The van der Waals surface area contributed by atoms with Gasteiger partial charge in [-0.3, -0.25) is 0 Å². The van der Waals surface area contributed by atoms with Crippen molar-refractivity contribution in [2.24, 2.45) is 0 Å². The van der Waals surface area contributed by atoms with Crippen LogP contribution in [0.2, 0.25) is 4.44 Å². The van der Waals surface area contributed by atoms with E-state index in [1.807, 2.05) is 6.92 Å². The molecule has 0 bridgehead atoms. The van der Waals surface area contributed by atoms with Crippen LogP contribution in [-0.2, 0) is 9.22 Å². The maximum absolute atomic E-state index is 6.00. The van der Waals surface area contributed by atoms with E-state index in [0.29, 0.717) is 0 Å². The molecule has 0 unspecified atom stereocenters. The van der Waals surface area contributed by atoms with Crippen LogP contribution in [0.15, 0.2) is 12.2 Å². The molecule has 0 heterocycles. The molecule has 102 valence electrons. The molecule has 0 fully saturated rings. The second-order valence-electron chi connectivity index (χ2n) is 4.36. The first-order valence-electron chi connectivity index (χ1n) is 6.66. The standard InChI is InChI=1S/C4H7.3C3H7O.Sn/c1-4(2)3;3*1-2-3-4;/h1-2H2,3H3;3*2-3H2,1H3;/q;3*-1;+3. The van der Waals surface area contributed by atoms with E-state index in [0.717, 1.165) is 49.1 Å². The van der Waals surface area contributed by atoms with Gasteiger partial charge in [0.15, 0.2) is 0 Å². The molecule has 3 nitrogen and oxygen atoms in total. The van der Waals surface area contributed by atoms with E-state index in [2.05, 4.69) is 27.4 Å². The molecule has 0 spiro atoms. The molecule has 0 saturated carbocycles. The average Bonchev–Trinajstić information content (AvgIpc) is 2.30. The van der Waals surface area contributed by atoms with Crippen LogP contribution in [0.1, 0.15) is 47.0 Å². The molecule has 0 rings (SSSR count). The first-order chi connectivity index (χ1) is 8.10. The molecule has 0 aliphatic carbocycles. The molecular formula is C13H28O3Sn. The molecule has 17 heavy (non-hydrogen) atoms. The van der Waals surface area contributed by atoms with Gasteiger partial charge in [-0.1, -0.05) is 0 Å². The Morgan fingerprint density at radius 3 is 1.47 bits per heavy atom. The van der Waals surface area contributed by atoms with Crippen LogP contribution in [0.5, 0.6) is 0 Å². The Morgan fingerprint density at radius 1 is 0.882 bits per heavy atom. The molecule has 0 amide bonds. The van der Waals surface area contributed by atoms with Crippen LogP contribution >= 0.6 is 0 Å². The third-order valence-electron chi connectivity index (χ3n) is 2.10. The normalized spacial score (nSPS) is 11.8. The van der Waals surface area contributed by atoms with E-state index in [1.165, 1.54) is 0 Å². The molecule has 0 radical (unpaired) electrons. The second-order valence-corrected chi connectivity index (χ2v) is 11.7. The Labute approximate surface area is 112 Å². The van der Waals surface area contributed by atoms with Crippen LogP contribution in [0.4, 0.5) is 0 Å². The van der Waals surface area contributed by atoms with Crippen molar-refractivity contribution in [1.29, 1.82) is 0 Å². The van der Waals surface area contributed by atoms with Crippen molar-refractivity contribution in [2.75, 3.05) is 19.8 Å². The van der Waals surface area contributed by atoms with Crippen molar-refractivity contribution < 1.29 is 9.22 Å². The van der Waals surface area contributed by atoms with Crippen molar-refractivity contribution in [3.05, 3.63) is 12.2 Å². The molecule has 0 aliphatic heterocycles. The minimum absolute atomic E-state index is 0.733. The number of hydrogen-bond donors (Lipinski definition) is 0. The van der Waals surface area contributed by atoms with Gasteiger partial charge in [-0.2, -0.15) is 0 Å². The second kappa shape index (κ2) is 10.4. The molecule has 0 aromatic rings. The third-order valence-corrected chi connectivity index (χ3v) is 10.6. The molecular weight excluding hydrogens is 323 g/mol. The SMILES string of the molecule is C=C(C)[CH2][Sn]([O]CCC)([O]CCC)[O]CCC. The third kappa shape index (κ3) is 8.19. The van der Waals surface area contributed by atoms with Crippen LogP contribution < -0.4 is 0 Å². The summed E-state index contributed by atoms with van der Waals surface area (Å²) >= 11 is -3.34. The van der Waals surface area contributed by atoms with Crippen molar-refractivity contribution in [3.8, 4) is 0 Å². The first-order valence-corrected chi connectivity index (χ1v) is 12.2. The maximum atomic E-state index is 6.00. The summed E-state index contributed by atoms with van der Waals surface area (Å²) in [5, 5.41) is 0. The van der Waals surface area contributed by atoms with E-state index in [4.69, 9.17) is 9.22 Å². The Morgan fingerprint density at radius 2 is 1.24 bits per heavy atom. The van der Waals surface area contributed by atoms with Crippen LogP contribution in [0.25, 0.3) is 0 Å². The average molecular weight is 351 g/mol. The summed E-state index contributed by atoms with van der Waals surface area (Å²) in [7, 11) is 0. The van der Waals surface area contributed by atoms with Crippen LogP contribution in [0, 0.1) is 0 Å². The molecule has 0 aromatic carbocycles. The summed E-state index contributed by atoms with van der Waals surface area (Å²) in [5.74, 6) is 0. The van der Waals surface area contributed by atoms with Gasteiger partial charge in [0.1, 0.15) is 0 Å². The van der Waals surface area contributed by atoms with Gasteiger partial charge in [0, 0.05) is 0 Å². The van der Waals surface area contributed by atoms with Gasteiger partial charge in [-0.05, 0) is 0 Å². The fourth-order valence-corrected chi connectivity index (χ4v) is 9.53. The van der Waals surface area contributed by atoms with E-state index in [-0.39, 0.29) is 0 Å². The van der Waals surface area contributed by atoms with Crippen molar-refractivity contribution in [3.63, 3.8) is 0 Å². The molecule has 0 aromatic heterocycles. The van der Waals surface area contributed by atoms with E-state index >= 15 is 0 Å².